The largest absolute Gasteiger partial charge is 1.00 e. The molecule has 12 heavy (non-hydrogen) atoms. The van der Waals surface area contributed by atoms with Crippen molar-refractivity contribution in [2.24, 2.45) is 0 Å². The molecular weight excluding hydrogens is 210 g/mol. The van der Waals surface area contributed by atoms with Crippen LogP contribution in [-0.2, 0) is 4.57 Å². The Morgan fingerprint density at radius 1 is 1.08 bits per heavy atom. The van der Waals surface area contributed by atoms with E-state index in [1.807, 2.05) is 0 Å². The first kappa shape index (κ1) is 18.5. The van der Waals surface area contributed by atoms with Crippen molar-refractivity contribution >= 4 is 8.25 Å². The second-order valence-corrected chi connectivity index (χ2v) is 1.65. The maximum atomic E-state index is 8.70. The summed E-state index contributed by atoms with van der Waals surface area (Å²) in [6.07, 6.45) is 6.56. The summed E-state index contributed by atoms with van der Waals surface area (Å²) < 4.78 is 8.70. The van der Waals surface area contributed by atoms with Crippen molar-refractivity contribution < 1.29 is 72.6 Å². The Morgan fingerprint density at radius 3 is 1.33 bits per heavy atom. The van der Waals surface area contributed by atoms with Gasteiger partial charge in [0.25, 0.3) is 0 Å². The summed E-state index contributed by atoms with van der Waals surface area (Å²) in [5, 5.41) is 0. The zero-order chi connectivity index (χ0) is 7.82. The first-order chi connectivity index (χ1) is 4.73. The Kier molecular flexibility index (Phi) is 21.9. The van der Waals surface area contributed by atoms with Crippen LogP contribution in [0, 0.1) is 0 Å². The summed E-state index contributed by atoms with van der Waals surface area (Å²) in [6.45, 7) is 0. The van der Waals surface area contributed by atoms with Gasteiger partial charge in [-0.25, -0.2) is 0 Å². The van der Waals surface area contributed by atoms with E-state index in [1.165, 1.54) is 0 Å². The fraction of sp³-hybridized carbons (Fsp3) is 0. The molecule has 0 aliphatic heterocycles. The topological polar surface area (TPSA) is 115 Å². The molecule has 0 fully saturated rings. The Morgan fingerprint density at radius 2 is 1.25 bits per heavy atom. The van der Waals surface area contributed by atoms with Crippen molar-refractivity contribution in [3.05, 3.63) is 24.8 Å². The summed E-state index contributed by atoms with van der Waals surface area (Å²) in [4.78, 5) is 21.7. The molecule has 0 spiro atoms. The molecule has 0 radical (unpaired) electrons. The number of aromatic nitrogens is 2. The molecule has 64 valence electrons. The van der Waals surface area contributed by atoms with Crippen LogP contribution in [-0.4, -0.2) is 25.2 Å². The zero-order valence-electron chi connectivity index (χ0n) is 7.45. The molecular formula is C4H9KN2O4P+. The molecule has 0 aliphatic rings. The average molecular weight is 219 g/mol. The molecule has 1 rings (SSSR count). The Bertz CT molecular complexity index is 162. The van der Waals surface area contributed by atoms with Crippen molar-refractivity contribution in [2.45, 2.75) is 0 Å². The van der Waals surface area contributed by atoms with Gasteiger partial charge in [0.05, 0.1) is 0 Å². The van der Waals surface area contributed by atoms with Gasteiger partial charge in [0.1, 0.15) is 0 Å². The number of nitrogens with zero attached hydrogens (tertiary/aromatic N) is 2. The quantitative estimate of drug-likeness (QED) is 0.345. The van der Waals surface area contributed by atoms with Crippen molar-refractivity contribution in [1.29, 1.82) is 0 Å². The minimum atomic E-state index is -2.87. The van der Waals surface area contributed by atoms with Crippen LogP contribution in [0.15, 0.2) is 24.8 Å². The second kappa shape index (κ2) is 14.2. The predicted molar refractivity (Wildman–Crippen MR) is 38.8 cm³/mol. The van der Waals surface area contributed by atoms with Gasteiger partial charge in [-0.15, -0.1) is 9.79 Å². The van der Waals surface area contributed by atoms with Gasteiger partial charge in [-0.3, -0.25) is 9.97 Å². The van der Waals surface area contributed by atoms with Crippen LogP contribution in [0.25, 0.3) is 0 Å². The van der Waals surface area contributed by atoms with Gasteiger partial charge in [0.2, 0.25) is 0 Å². The summed E-state index contributed by atoms with van der Waals surface area (Å²) in [7, 11) is -2.87. The molecule has 8 heteroatoms. The molecule has 0 unspecified atom stereocenters. The summed E-state index contributed by atoms with van der Waals surface area (Å²) >= 11 is 0. The van der Waals surface area contributed by atoms with Gasteiger partial charge in [-0.2, -0.15) is 0 Å². The monoisotopic (exact) mass is 219 g/mol. The van der Waals surface area contributed by atoms with Gasteiger partial charge in [0, 0.05) is 29.4 Å². The third kappa shape index (κ3) is 22.4. The van der Waals surface area contributed by atoms with E-state index in [4.69, 9.17) is 14.4 Å². The summed E-state index contributed by atoms with van der Waals surface area (Å²) in [5.74, 6) is 0. The minimum Gasteiger partial charge on any atom is -1.00 e. The van der Waals surface area contributed by atoms with E-state index in [2.05, 4.69) is 9.97 Å². The first-order valence-electron chi connectivity index (χ1n) is 2.28. The fourth-order valence-electron chi connectivity index (χ4n) is 0.253. The molecule has 0 bridgehead atoms. The maximum Gasteiger partial charge on any atom is 1.00 e. The van der Waals surface area contributed by atoms with E-state index in [0.29, 0.717) is 0 Å². The van der Waals surface area contributed by atoms with E-state index in [1.54, 1.807) is 24.8 Å². The van der Waals surface area contributed by atoms with E-state index in [0.717, 1.165) is 0 Å². The van der Waals surface area contributed by atoms with Crippen LogP contribution in [0.5, 0.6) is 0 Å². The second-order valence-electron chi connectivity index (χ2n) is 1.15. The molecule has 4 N–H and O–H groups in total. The van der Waals surface area contributed by atoms with Crippen molar-refractivity contribution in [3.8, 4) is 0 Å². The molecule has 0 aliphatic carbocycles. The molecule has 0 saturated heterocycles. The van der Waals surface area contributed by atoms with Crippen molar-refractivity contribution in [3.63, 3.8) is 0 Å². The summed E-state index contributed by atoms with van der Waals surface area (Å²) in [6, 6.07) is 0. The van der Waals surface area contributed by atoms with Crippen LogP contribution >= 0.6 is 8.25 Å². The Hall–Kier alpha value is 0.696. The zero-order valence-corrected chi connectivity index (χ0v) is 10.5. The van der Waals surface area contributed by atoms with E-state index in [9.17, 15) is 0 Å². The third-order valence-electron chi connectivity index (χ3n) is 0.478. The Labute approximate surface area is 114 Å². The van der Waals surface area contributed by atoms with Crippen LogP contribution in [0.1, 0.15) is 1.43 Å². The van der Waals surface area contributed by atoms with Crippen molar-refractivity contribution in [1.82, 2.24) is 9.97 Å². The predicted octanol–water partition coefficient (Wildman–Crippen LogP) is -3.60. The van der Waals surface area contributed by atoms with Crippen molar-refractivity contribution in [2.75, 3.05) is 0 Å². The molecule has 1 aromatic rings. The standard InChI is InChI=1S/C4H4N2.K.HO3P.H2O.H/c1-2-6-4-3-5-1;;1-4(2)3;;/h1-4H;;(H-,1,2,3);1H2;/q;+1;;;-1/p+1. The molecule has 0 amide bonds. The minimum absolute atomic E-state index is 0. The van der Waals surface area contributed by atoms with E-state index >= 15 is 0 Å². The van der Waals surface area contributed by atoms with Gasteiger partial charge in [-0.05, 0) is 0 Å². The van der Waals surface area contributed by atoms with Gasteiger partial charge in [-0.1, -0.05) is 0 Å². The molecule has 6 nitrogen and oxygen atoms in total. The molecule has 0 saturated carbocycles. The first-order valence-corrected chi connectivity index (χ1v) is 3.45. The number of rotatable bonds is 0. The number of hydrogen-bond acceptors (Lipinski definition) is 3. The van der Waals surface area contributed by atoms with Crippen LogP contribution in [0.2, 0.25) is 0 Å². The maximum absolute atomic E-state index is 8.70. The SMILES string of the molecule is O.O=[P+](O)O.[H-].[K+].c1cnccn1. The fourth-order valence-corrected chi connectivity index (χ4v) is 0.253. The van der Waals surface area contributed by atoms with Gasteiger partial charge < -0.3 is 6.90 Å². The van der Waals surface area contributed by atoms with E-state index < -0.39 is 8.25 Å². The van der Waals surface area contributed by atoms with Crippen LogP contribution in [0.4, 0.5) is 0 Å². The molecule has 1 heterocycles. The summed E-state index contributed by atoms with van der Waals surface area (Å²) in [5.41, 5.74) is 0. The normalized spacial score (nSPS) is 6.17. The van der Waals surface area contributed by atoms with Crippen LogP contribution in [0.3, 0.4) is 0 Å². The third-order valence-corrected chi connectivity index (χ3v) is 0.478. The van der Waals surface area contributed by atoms with Crippen LogP contribution < -0.4 is 51.4 Å². The molecule has 0 aromatic carbocycles. The van der Waals surface area contributed by atoms with E-state index in [-0.39, 0.29) is 58.3 Å². The smallest absolute Gasteiger partial charge is 1.00 e. The molecule has 1 aromatic heterocycles. The molecule has 0 atom stereocenters. The van der Waals surface area contributed by atoms with Gasteiger partial charge in [0.15, 0.2) is 0 Å². The number of hydrogen-bond donors (Lipinski definition) is 2. The Balaban J connectivity index is -0.0000000536. The average Bonchev–Trinajstić information content (AvgIpc) is 1.90. The van der Waals surface area contributed by atoms with Gasteiger partial charge >= 0.3 is 59.6 Å².